The number of terminal acetylenes is 1. The zero-order valence-electron chi connectivity index (χ0n) is 23.9. The Morgan fingerprint density at radius 1 is 1.11 bits per heavy atom. The number of aromatic nitrogens is 4. The molecule has 4 heterocycles. The Morgan fingerprint density at radius 3 is 2.61 bits per heavy atom. The maximum Gasteiger partial charge on any atom is 0.300 e. The van der Waals surface area contributed by atoms with Gasteiger partial charge in [0.2, 0.25) is 0 Å². The summed E-state index contributed by atoms with van der Waals surface area (Å²) in [6.45, 7) is 2.27. The Hall–Kier alpha value is -5.19. The maximum atomic E-state index is 14.3. The molecule has 12 nitrogen and oxygen atoms in total. The summed E-state index contributed by atoms with van der Waals surface area (Å²) >= 11 is 0. The van der Waals surface area contributed by atoms with Crippen molar-refractivity contribution in [1.82, 2.24) is 29.2 Å². The molecule has 0 saturated heterocycles. The van der Waals surface area contributed by atoms with Crippen molar-refractivity contribution in [2.45, 2.75) is 38.4 Å². The van der Waals surface area contributed by atoms with E-state index in [0.717, 1.165) is 29.5 Å². The molecule has 44 heavy (non-hydrogen) atoms. The standard InChI is InChI=1S/C31H28N8O4S/c1-4-19-11-14-23-25-22(17-37(23)3)27(39(31(41)24(19)25)21-9-6-5-7-10-21)18(2)33-30(40)26-28(34-38-16-8-15-32-29(26)38)36-44(42,43)35-20-12-13-20/h1,5-11,14-16,18,20,35H,12-13,17H2,2-3H3,(H,33,40)(H,34,36)/t18-/m0/s1. The van der Waals surface area contributed by atoms with E-state index < -0.39 is 22.2 Å². The van der Waals surface area contributed by atoms with E-state index >= 15 is 0 Å². The van der Waals surface area contributed by atoms with Gasteiger partial charge < -0.3 is 10.2 Å². The van der Waals surface area contributed by atoms with E-state index in [2.05, 4.69) is 30.8 Å². The molecule has 2 aromatic carbocycles. The Morgan fingerprint density at radius 2 is 1.89 bits per heavy atom. The first-order valence-corrected chi connectivity index (χ1v) is 15.6. The minimum absolute atomic E-state index is 0.0446. The number of hydrogen-bond acceptors (Lipinski definition) is 7. The third kappa shape index (κ3) is 4.55. The van der Waals surface area contributed by atoms with Crippen LogP contribution in [0.4, 0.5) is 11.5 Å². The molecule has 0 spiro atoms. The highest BCUT2D eigenvalue weighted by molar-refractivity contribution is 7.90. The lowest BCUT2D eigenvalue weighted by atomic mass is 9.97. The summed E-state index contributed by atoms with van der Waals surface area (Å²) in [6.07, 6.45) is 10.4. The van der Waals surface area contributed by atoms with Crippen molar-refractivity contribution < 1.29 is 13.2 Å². The SMILES string of the molecule is C#Cc1ccc2c3c(c([C@H](C)NC(=O)c4c(NS(=O)(=O)NC5CC5)nn5cccnc45)n(-c4ccccc4)c(=O)c13)CN2C. The molecule has 1 amide bonds. The van der Waals surface area contributed by atoms with Crippen molar-refractivity contribution in [3.05, 3.63) is 93.7 Å². The van der Waals surface area contributed by atoms with Gasteiger partial charge in [0.25, 0.3) is 11.5 Å². The van der Waals surface area contributed by atoms with Crippen molar-refractivity contribution in [2.75, 3.05) is 16.7 Å². The molecule has 13 heteroatoms. The number of para-hydroxylation sites is 1. The molecule has 5 aromatic rings. The smallest absolute Gasteiger partial charge is 0.300 e. The Balaban J connectivity index is 1.37. The third-order valence-corrected chi connectivity index (χ3v) is 9.04. The summed E-state index contributed by atoms with van der Waals surface area (Å²) in [5, 5.41) is 8.51. The van der Waals surface area contributed by atoms with E-state index in [1.54, 1.807) is 29.8 Å². The fourth-order valence-corrected chi connectivity index (χ4v) is 7.03. The van der Waals surface area contributed by atoms with Gasteiger partial charge >= 0.3 is 10.2 Å². The lowest BCUT2D eigenvalue weighted by Gasteiger charge is -2.23. The molecule has 2 aliphatic rings. The van der Waals surface area contributed by atoms with E-state index in [1.807, 2.05) is 48.3 Å². The third-order valence-electron chi connectivity index (χ3n) is 7.94. The minimum Gasteiger partial charge on any atom is -0.370 e. The number of rotatable bonds is 8. The molecule has 1 saturated carbocycles. The zero-order valence-corrected chi connectivity index (χ0v) is 24.7. The molecule has 3 aromatic heterocycles. The molecule has 3 N–H and O–H groups in total. The number of pyridine rings is 1. The van der Waals surface area contributed by atoms with Crippen molar-refractivity contribution >= 4 is 44.0 Å². The van der Waals surface area contributed by atoms with Crippen molar-refractivity contribution in [3.8, 4) is 18.0 Å². The van der Waals surface area contributed by atoms with Crippen LogP contribution in [0.2, 0.25) is 0 Å². The van der Waals surface area contributed by atoms with Crippen LogP contribution in [-0.2, 0) is 16.8 Å². The fraction of sp³-hybridized carbons (Fsp3) is 0.226. The van der Waals surface area contributed by atoms with E-state index in [0.29, 0.717) is 28.9 Å². The number of nitrogens with zero attached hydrogens (tertiary/aromatic N) is 5. The molecule has 0 radical (unpaired) electrons. The molecule has 222 valence electrons. The summed E-state index contributed by atoms with van der Waals surface area (Å²) in [7, 11) is -2.06. The fourth-order valence-electron chi connectivity index (χ4n) is 5.89. The van der Waals surface area contributed by atoms with E-state index in [9.17, 15) is 18.0 Å². The highest BCUT2D eigenvalue weighted by Crippen LogP contribution is 2.40. The molecular weight excluding hydrogens is 580 g/mol. The van der Waals surface area contributed by atoms with Crippen LogP contribution in [0.5, 0.6) is 0 Å². The first-order valence-electron chi connectivity index (χ1n) is 14.1. The predicted octanol–water partition coefficient (Wildman–Crippen LogP) is 2.86. The lowest BCUT2D eigenvalue weighted by molar-refractivity contribution is 0.0941. The second-order valence-corrected chi connectivity index (χ2v) is 12.5. The summed E-state index contributed by atoms with van der Waals surface area (Å²) < 4.78 is 33.5. The van der Waals surface area contributed by atoms with Gasteiger partial charge in [0.05, 0.1) is 17.1 Å². The Bertz CT molecular complexity index is 2200. The second kappa shape index (κ2) is 10.2. The second-order valence-electron chi connectivity index (χ2n) is 11.0. The van der Waals surface area contributed by atoms with E-state index in [4.69, 9.17) is 6.42 Å². The molecule has 1 fully saturated rings. The quantitative estimate of drug-likeness (QED) is 0.230. The summed E-state index contributed by atoms with van der Waals surface area (Å²) in [6, 6.07) is 13.6. The van der Waals surface area contributed by atoms with Crippen LogP contribution in [0.25, 0.3) is 22.1 Å². The number of anilines is 2. The van der Waals surface area contributed by atoms with Crippen LogP contribution < -0.4 is 25.2 Å². The van der Waals surface area contributed by atoms with Crippen LogP contribution in [0, 0.1) is 12.3 Å². The Kier molecular flexibility index (Phi) is 6.42. The van der Waals surface area contributed by atoms with Gasteiger partial charge in [-0.15, -0.1) is 11.5 Å². The van der Waals surface area contributed by atoms with Crippen LogP contribution in [0.15, 0.2) is 65.7 Å². The average Bonchev–Trinajstić information content (AvgIpc) is 3.64. The molecule has 1 aliphatic heterocycles. The van der Waals surface area contributed by atoms with Gasteiger partial charge in [-0.25, -0.2) is 9.50 Å². The van der Waals surface area contributed by atoms with Gasteiger partial charge in [-0.1, -0.05) is 24.1 Å². The molecule has 1 atom stereocenters. The van der Waals surface area contributed by atoms with Gasteiger partial charge in [-0.05, 0) is 50.1 Å². The maximum absolute atomic E-state index is 14.3. The van der Waals surface area contributed by atoms with E-state index in [-0.39, 0.29) is 28.6 Å². The number of carbonyl (C=O) groups is 1. The van der Waals surface area contributed by atoms with Crippen molar-refractivity contribution in [1.29, 1.82) is 0 Å². The number of amides is 1. The van der Waals surface area contributed by atoms with Crippen molar-refractivity contribution in [2.24, 2.45) is 0 Å². The molecule has 1 aliphatic carbocycles. The highest BCUT2D eigenvalue weighted by Gasteiger charge is 2.33. The van der Waals surface area contributed by atoms with Crippen molar-refractivity contribution in [3.63, 3.8) is 0 Å². The van der Waals surface area contributed by atoms with Gasteiger partial charge in [-0.2, -0.15) is 13.1 Å². The topological polar surface area (TPSA) is 143 Å². The Labute approximate surface area is 252 Å². The molecule has 0 unspecified atom stereocenters. The lowest BCUT2D eigenvalue weighted by Crippen LogP contribution is -2.35. The number of nitrogens with one attached hydrogen (secondary N) is 3. The van der Waals surface area contributed by atoms with E-state index in [1.165, 1.54) is 10.7 Å². The van der Waals surface area contributed by atoms with Crippen LogP contribution in [-0.4, -0.2) is 46.6 Å². The summed E-state index contributed by atoms with van der Waals surface area (Å²) in [4.78, 5) is 34.7. The number of benzene rings is 2. The molecular formula is C31H28N8O4S. The van der Waals surface area contributed by atoms with Crippen LogP contribution >= 0.6 is 0 Å². The summed E-state index contributed by atoms with van der Waals surface area (Å²) in [5.74, 6) is 1.89. The van der Waals surface area contributed by atoms with Crippen LogP contribution in [0.1, 0.15) is 53.0 Å². The van der Waals surface area contributed by atoms with Gasteiger partial charge in [0, 0.05) is 59.9 Å². The number of fused-ring (bicyclic) bond motifs is 1. The van der Waals surface area contributed by atoms with Gasteiger partial charge in [0.1, 0.15) is 5.56 Å². The highest BCUT2D eigenvalue weighted by atomic mass is 32.2. The number of hydrogen-bond donors (Lipinski definition) is 3. The van der Waals surface area contributed by atoms with Crippen LogP contribution in [0.3, 0.4) is 0 Å². The average molecular weight is 609 g/mol. The monoisotopic (exact) mass is 608 g/mol. The molecule has 0 bridgehead atoms. The largest absolute Gasteiger partial charge is 0.370 e. The predicted molar refractivity (Wildman–Crippen MR) is 167 cm³/mol. The zero-order chi connectivity index (χ0) is 30.7. The first kappa shape index (κ1) is 27.6. The normalized spacial score (nSPS) is 15.0. The number of carbonyl (C=O) groups excluding carboxylic acids is 1. The summed E-state index contributed by atoms with van der Waals surface area (Å²) in [5.41, 5.74) is 3.26. The molecule has 7 rings (SSSR count). The van der Waals surface area contributed by atoms with Gasteiger partial charge in [-0.3, -0.25) is 18.9 Å². The minimum atomic E-state index is -4.00. The first-order chi connectivity index (χ1) is 21.2. The van der Waals surface area contributed by atoms with Gasteiger partial charge in [0.15, 0.2) is 11.5 Å².